The lowest BCUT2D eigenvalue weighted by molar-refractivity contribution is 0.223. The van der Waals surface area contributed by atoms with Gasteiger partial charge in [-0.1, -0.05) is 74.1 Å². The minimum atomic E-state index is -0.286. The Morgan fingerprint density at radius 3 is 2.39 bits per heavy atom. The SMILES string of the molecule is COc1ccc(C2C3=C(Nc4nc(SC)nn42)c2ccccc2OC3c2ccc(C(C)C)cc2)cc1. The average Bonchev–Trinajstić information content (AvgIpc) is 3.34. The molecule has 0 fully saturated rings. The van der Waals surface area contributed by atoms with E-state index >= 15 is 0 Å². The summed E-state index contributed by atoms with van der Waals surface area (Å²) in [4.78, 5) is 4.78. The standard InChI is InChI=1S/C29H28N4O2S/c1-17(2)18-9-11-20(12-10-18)27-24-25(22-7-5-6-8-23(22)35-27)30-28-31-29(36-4)32-33(28)26(24)19-13-15-21(34-3)16-14-19/h5-17,26-27H,1-4H3,(H,30,31,32). The Morgan fingerprint density at radius 1 is 0.972 bits per heavy atom. The van der Waals surface area contributed by atoms with Crippen LogP contribution < -0.4 is 14.8 Å². The molecule has 3 heterocycles. The Bertz CT molecular complexity index is 1440. The van der Waals surface area contributed by atoms with E-state index in [0.717, 1.165) is 50.6 Å². The van der Waals surface area contributed by atoms with E-state index in [-0.39, 0.29) is 12.1 Å². The van der Waals surface area contributed by atoms with Crippen molar-refractivity contribution in [3.63, 3.8) is 0 Å². The van der Waals surface area contributed by atoms with Gasteiger partial charge in [0.2, 0.25) is 11.1 Å². The van der Waals surface area contributed by atoms with Gasteiger partial charge in [-0.25, -0.2) is 4.68 Å². The van der Waals surface area contributed by atoms with E-state index in [2.05, 4.69) is 61.6 Å². The third-order valence-electron chi connectivity index (χ3n) is 6.88. The molecule has 1 N–H and O–H groups in total. The number of aromatic nitrogens is 3. The molecule has 0 saturated carbocycles. The molecule has 6 rings (SSSR count). The van der Waals surface area contributed by atoms with Crippen LogP contribution >= 0.6 is 11.8 Å². The molecule has 2 aliphatic rings. The molecule has 0 amide bonds. The second-order valence-electron chi connectivity index (χ2n) is 9.31. The van der Waals surface area contributed by atoms with Crippen molar-refractivity contribution < 1.29 is 9.47 Å². The molecule has 3 aromatic carbocycles. The zero-order valence-electron chi connectivity index (χ0n) is 20.7. The van der Waals surface area contributed by atoms with Crippen LogP contribution in [0.5, 0.6) is 11.5 Å². The Hall–Kier alpha value is -3.71. The van der Waals surface area contributed by atoms with Crippen LogP contribution in [0.1, 0.15) is 54.2 Å². The van der Waals surface area contributed by atoms with Crippen LogP contribution in [0, 0.1) is 0 Å². The molecule has 36 heavy (non-hydrogen) atoms. The first-order chi connectivity index (χ1) is 17.6. The van der Waals surface area contributed by atoms with Crippen molar-refractivity contribution in [3.05, 3.63) is 101 Å². The van der Waals surface area contributed by atoms with Crippen LogP contribution in [-0.2, 0) is 0 Å². The van der Waals surface area contributed by atoms with Crippen molar-refractivity contribution >= 4 is 23.4 Å². The fraction of sp³-hybridized carbons (Fsp3) is 0.241. The number of hydrogen-bond acceptors (Lipinski definition) is 6. The van der Waals surface area contributed by atoms with Gasteiger partial charge in [-0.2, -0.15) is 4.98 Å². The first kappa shape index (κ1) is 22.7. The van der Waals surface area contributed by atoms with Crippen molar-refractivity contribution in [2.45, 2.75) is 37.1 Å². The van der Waals surface area contributed by atoms with Gasteiger partial charge in [0.1, 0.15) is 23.6 Å². The first-order valence-corrected chi connectivity index (χ1v) is 13.3. The molecular formula is C29H28N4O2S. The molecule has 2 atom stereocenters. The molecule has 0 radical (unpaired) electrons. The minimum absolute atomic E-state index is 0.196. The van der Waals surface area contributed by atoms with E-state index in [4.69, 9.17) is 19.6 Å². The predicted molar refractivity (Wildman–Crippen MR) is 144 cm³/mol. The topological polar surface area (TPSA) is 61.2 Å². The number of methoxy groups -OCH3 is 1. The van der Waals surface area contributed by atoms with Crippen LogP contribution in [-0.4, -0.2) is 28.1 Å². The van der Waals surface area contributed by atoms with Crippen molar-refractivity contribution in [2.75, 3.05) is 18.7 Å². The molecular weight excluding hydrogens is 468 g/mol. The molecule has 0 saturated heterocycles. The Balaban J connectivity index is 1.58. The second kappa shape index (κ2) is 9.06. The van der Waals surface area contributed by atoms with E-state index in [1.54, 1.807) is 7.11 Å². The van der Waals surface area contributed by atoms with Gasteiger partial charge < -0.3 is 14.8 Å². The lowest BCUT2D eigenvalue weighted by Crippen LogP contribution is -2.32. The third-order valence-corrected chi connectivity index (χ3v) is 7.42. The Labute approximate surface area is 215 Å². The summed E-state index contributed by atoms with van der Waals surface area (Å²) in [6.07, 6.45) is 1.71. The van der Waals surface area contributed by atoms with Crippen molar-refractivity contribution in [1.82, 2.24) is 14.8 Å². The van der Waals surface area contributed by atoms with E-state index in [0.29, 0.717) is 5.92 Å². The zero-order chi connectivity index (χ0) is 24.8. The minimum Gasteiger partial charge on any atom is -0.497 e. The second-order valence-corrected chi connectivity index (χ2v) is 10.1. The van der Waals surface area contributed by atoms with Gasteiger partial charge >= 0.3 is 0 Å². The van der Waals surface area contributed by atoms with Crippen molar-refractivity contribution in [2.24, 2.45) is 0 Å². The highest BCUT2D eigenvalue weighted by Gasteiger charge is 2.41. The fourth-order valence-electron chi connectivity index (χ4n) is 4.98. The van der Waals surface area contributed by atoms with E-state index in [1.807, 2.05) is 41.3 Å². The highest BCUT2D eigenvalue weighted by atomic mass is 32.2. The number of nitrogens with one attached hydrogen (secondary N) is 1. The quantitative estimate of drug-likeness (QED) is 0.311. The third kappa shape index (κ3) is 3.75. The van der Waals surface area contributed by atoms with Crippen LogP contribution in [0.3, 0.4) is 0 Å². The summed E-state index contributed by atoms with van der Waals surface area (Å²) in [6, 6.07) is 25.0. The maximum absolute atomic E-state index is 6.74. The van der Waals surface area contributed by atoms with Crippen molar-refractivity contribution in [1.29, 1.82) is 0 Å². The molecule has 4 aromatic rings. The van der Waals surface area contributed by atoms with Crippen LogP contribution in [0.2, 0.25) is 0 Å². The Kier molecular flexibility index (Phi) is 5.72. The molecule has 2 aliphatic heterocycles. The number of hydrogen-bond donors (Lipinski definition) is 1. The summed E-state index contributed by atoms with van der Waals surface area (Å²) < 4.78 is 14.2. The molecule has 1 aromatic heterocycles. The highest BCUT2D eigenvalue weighted by Crippen LogP contribution is 2.51. The zero-order valence-corrected chi connectivity index (χ0v) is 21.5. The number of para-hydroxylation sites is 1. The van der Waals surface area contributed by atoms with Gasteiger partial charge in [0.15, 0.2) is 0 Å². The fourth-order valence-corrected chi connectivity index (χ4v) is 5.33. The first-order valence-electron chi connectivity index (χ1n) is 12.1. The largest absolute Gasteiger partial charge is 0.497 e. The summed E-state index contributed by atoms with van der Waals surface area (Å²) in [5.41, 5.74) is 6.68. The number of thioether (sulfide) groups is 1. The van der Waals surface area contributed by atoms with E-state index in [1.165, 1.54) is 17.3 Å². The normalized spacial score (nSPS) is 18.1. The smallest absolute Gasteiger partial charge is 0.227 e. The van der Waals surface area contributed by atoms with Gasteiger partial charge in [-0.05, 0) is 53.1 Å². The number of rotatable bonds is 5. The lowest BCUT2D eigenvalue weighted by Gasteiger charge is -2.39. The summed E-state index contributed by atoms with van der Waals surface area (Å²) in [6.45, 7) is 4.42. The van der Waals surface area contributed by atoms with Crippen LogP contribution in [0.25, 0.3) is 5.70 Å². The molecule has 7 heteroatoms. The molecule has 182 valence electrons. The lowest BCUT2D eigenvalue weighted by atomic mass is 9.84. The maximum Gasteiger partial charge on any atom is 0.227 e. The number of fused-ring (bicyclic) bond motifs is 3. The van der Waals surface area contributed by atoms with E-state index in [9.17, 15) is 0 Å². The van der Waals surface area contributed by atoms with Crippen molar-refractivity contribution in [3.8, 4) is 11.5 Å². The van der Waals surface area contributed by atoms with Gasteiger partial charge in [-0.3, -0.25) is 0 Å². The van der Waals surface area contributed by atoms with Crippen LogP contribution in [0.15, 0.2) is 83.5 Å². The molecule has 6 nitrogen and oxygen atoms in total. The van der Waals surface area contributed by atoms with Gasteiger partial charge in [-0.15, -0.1) is 5.10 Å². The monoisotopic (exact) mass is 496 g/mol. The van der Waals surface area contributed by atoms with Gasteiger partial charge in [0.25, 0.3) is 0 Å². The van der Waals surface area contributed by atoms with Gasteiger partial charge in [0.05, 0.1) is 12.8 Å². The highest BCUT2D eigenvalue weighted by molar-refractivity contribution is 7.98. The van der Waals surface area contributed by atoms with Crippen LogP contribution in [0.4, 0.5) is 5.95 Å². The number of ether oxygens (including phenoxy) is 2. The number of anilines is 1. The Morgan fingerprint density at radius 2 is 1.69 bits per heavy atom. The molecule has 2 unspecified atom stereocenters. The molecule has 0 spiro atoms. The average molecular weight is 497 g/mol. The summed E-state index contributed by atoms with van der Waals surface area (Å²) in [7, 11) is 1.68. The maximum atomic E-state index is 6.74. The number of benzene rings is 3. The van der Waals surface area contributed by atoms with E-state index < -0.39 is 0 Å². The van der Waals surface area contributed by atoms with Gasteiger partial charge in [0, 0.05) is 11.1 Å². The number of nitrogens with zero attached hydrogens (tertiary/aromatic N) is 3. The molecule has 0 aliphatic carbocycles. The summed E-state index contributed by atoms with van der Waals surface area (Å²) in [5.74, 6) is 2.86. The summed E-state index contributed by atoms with van der Waals surface area (Å²) >= 11 is 1.53. The predicted octanol–water partition coefficient (Wildman–Crippen LogP) is 6.69. The summed E-state index contributed by atoms with van der Waals surface area (Å²) in [5, 5.41) is 9.20. The molecule has 0 bridgehead atoms.